The lowest BCUT2D eigenvalue weighted by molar-refractivity contribution is 0.0610. The Labute approximate surface area is 206 Å². The lowest BCUT2D eigenvalue weighted by Crippen LogP contribution is -2.59. The molecule has 4 nitrogen and oxygen atoms in total. The average Bonchev–Trinajstić information content (AvgIpc) is 3.25. The number of piperidine rings is 1. The van der Waals surface area contributed by atoms with Gasteiger partial charge in [-0.25, -0.2) is 0 Å². The van der Waals surface area contributed by atoms with E-state index < -0.39 is 0 Å². The van der Waals surface area contributed by atoms with Crippen molar-refractivity contribution in [2.45, 2.75) is 43.6 Å². The lowest BCUT2D eigenvalue weighted by atomic mass is 9.57. The number of nitrogens with zero attached hydrogens (tertiary/aromatic N) is 1. The summed E-state index contributed by atoms with van der Waals surface area (Å²) in [7, 11) is 1.76. The molecule has 4 aliphatic rings. The summed E-state index contributed by atoms with van der Waals surface area (Å²) in [6.07, 6.45) is 6.31. The van der Waals surface area contributed by atoms with Crippen LogP contribution >= 0.6 is 0 Å². The maximum Gasteiger partial charge on any atom is 0.169 e. The summed E-state index contributed by atoms with van der Waals surface area (Å²) in [6.45, 7) is 2.52. The van der Waals surface area contributed by atoms with E-state index in [-0.39, 0.29) is 11.5 Å². The molecule has 0 N–H and O–H groups in total. The molecular formula is C31H29NO3. The predicted molar refractivity (Wildman–Crippen MR) is 135 cm³/mol. The monoisotopic (exact) mass is 463 g/mol. The first-order valence-corrected chi connectivity index (χ1v) is 12.5. The van der Waals surface area contributed by atoms with Crippen LogP contribution in [0.2, 0.25) is 0 Å². The van der Waals surface area contributed by atoms with Gasteiger partial charge in [0, 0.05) is 24.7 Å². The highest BCUT2D eigenvalue weighted by atomic mass is 16.6. The molecule has 176 valence electrons. The Hall–Kier alpha value is -3.50. The molecule has 3 atom stereocenters. The van der Waals surface area contributed by atoms with Crippen LogP contribution in [0, 0.1) is 0 Å². The summed E-state index contributed by atoms with van der Waals surface area (Å²) in [5, 5.41) is 0. The van der Waals surface area contributed by atoms with Crippen LogP contribution in [0.5, 0.6) is 11.5 Å². The van der Waals surface area contributed by atoms with E-state index in [2.05, 4.69) is 71.6 Å². The highest BCUT2D eigenvalue weighted by Gasteiger charge is 2.62. The van der Waals surface area contributed by atoms with Gasteiger partial charge in [0.15, 0.2) is 17.6 Å². The second-order valence-electron chi connectivity index (χ2n) is 9.99. The maximum atomic E-state index is 6.78. The van der Waals surface area contributed by atoms with Gasteiger partial charge in [-0.1, -0.05) is 72.8 Å². The second-order valence-corrected chi connectivity index (χ2v) is 9.99. The van der Waals surface area contributed by atoms with Crippen LogP contribution in [0.15, 0.2) is 96.3 Å². The van der Waals surface area contributed by atoms with Gasteiger partial charge in [-0.05, 0) is 47.2 Å². The molecule has 3 aromatic rings. The van der Waals surface area contributed by atoms with Gasteiger partial charge in [0.25, 0.3) is 0 Å². The summed E-state index contributed by atoms with van der Waals surface area (Å²) in [6, 6.07) is 25.9. The van der Waals surface area contributed by atoms with Crippen molar-refractivity contribution in [1.82, 2.24) is 4.90 Å². The standard InChI is InChI=1S/C31H29NO3/c1-33-27-15-13-24-25-18-23-12-14-26(34-20-22-10-6-3-7-11-22)29-28(23)31(24,30(27)35-29)16-17-32(25)19-21-8-4-2-5-9-21/h2-15,25,30H,16-20H2,1H3/t25-,30-,31-/m0/s1. The third-order valence-electron chi connectivity index (χ3n) is 8.25. The summed E-state index contributed by atoms with van der Waals surface area (Å²) in [4.78, 5) is 2.65. The van der Waals surface area contributed by atoms with Crippen molar-refractivity contribution in [1.29, 1.82) is 0 Å². The zero-order valence-corrected chi connectivity index (χ0v) is 19.9. The summed E-state index contributed by atoms with van der Waals surface area (Å²) >= 11 is 0. The number of hydrogen-bond donors (Lipinski definition) is 0. The molecule has 1 spiro atoms. The first kappa shape index (κ1) is 20.8. The van der Waals surface area contributed by atoms with Crippen molar-refractivity contribution in [3.05, 3.63) is 119 Å². The number of hydrogen-bond acceptors (Lipinski definition) is 4. The molecule has 2 aliphatic heterocycles. The molecule has 7 rings (SSSR count). The lowest BCUT2D eigenvalue weighted by Gasteiger charge is -2.53. The maximum absolute atomic E-state index is 6.78. The molecule has 35 heavy (non-hydrogen) atoms. The van der Waals surface area contributed by atoms with Gasteiger partial charge in [-0.3, -0.25) is 4.90 Å². The van der Waals surface area contributed by atoms with Crippen molar-refractivity contribution in [2.75, 3.05) is 13.7 Å². The summed E-state index contributed by atoms with van der Waals surface area (Å²) in [5.41, 5.74) is 6.52. The van der Waals surface area contributed by atoms with Crippen molar-refractivity contribution in [2.24, 2.45) is 0 Å². The van der Waals surface area contributed by atoms with Crippen molar-refractivity contribution >= 4 is 0 Å². The number of methoxy groups -OCH3 is 1. The zero-order valence-electron chi connectivity index (χ0n) is 19.9. The Bertz CT molecular complexity index is 1330. The smallest absolute Gasteiger partial charge is 0.169 e. The van der Waals surface area contributed by atoms with Crippen LogP contribution in [0.3, 0.4) is 0 Å². The molecule has 3 aromatic carbocycles. The fraction of sp³-hybridized carbons (Fsp3) is 0.290. The van der Waals surface area contributed by atoms with E-state index in [1.54, 1.807) is 7.11 Å². The Balaban J connectivity index is 1.29. The molecule has 2 aliphatic carbocycles. The zero-order chi connectivity index (χ0) is 23.4. The minimum Gasteiger partial charge on any atom is -0.497 e. The largest absolute Gasteiger partial charge is 0.497 e. The van der Waals surface area contributed by atoms with Gasteiger partial charge in [-0.2, -0.15) is 0 Å². The second kappa shape index (κ2) is 8.03. The highest BCUT2D eigenvalue weighted by molar-refractivity contribution is 5.67. The number of allylic oxidation sites excluding steroid dienone is 2. The van der Waals surface area contributed by atoms with E-state index in [0.29, 0.717) is 12.6 Å². The number of rotatable bonds is 6. The molecule has 0 saturated carbocycles. The minimum absolute atomic E-state index is 0.135. The van der Waals surface area contributed by atoms with Gasteiger partial charge in [0.2, 0.25) is 0 Å². The van der Waals surface area contributed by atoms with E-state index in [1.807, 2.05) is 18.2 Å². The molecule has 1 fully saturated rings. The van der Waals surface area contributed by atoms with Crippen LogP contribution in [-0.2, 0) is 29.7 Å². The van der Waals surface area contributed by atoms with Gasteiger partial charge in [0.1, 0.15) is 12.4 Å². The van der Waals surface area contributed by atoms with Crippen molar-refractivity contribution in [3.63, 3.8) is 0 Å². The van der Waals surface area contributed by atoms with Gasteiger partial charge in [-0.15, -0.1) is 0 Å². The van der Waals surface area contributed by atoms with E-state index in [9.17, 15) is 0 Å². The van der Waals surface area contributed by atoms with Gasteiger partial charge >= 0.3 is 0 Å². The van der Waals surface area contributed by atoms with Crippen molar-refractivity contribution < 1.29 is 14.2 Å². The fourth-order valence-corrected chi connectivity index (χ4v) is 6.69. The molecule has 0 radical (unpaired) electrons. The summed E-state index contributed by atoms with van der Waals surface area (Å²) < 4.78 is 19.0. The van der Waals surface area contributed by atoms with E-state index in [1.165, 1.54) is 22.3 Å². The Morgan fingerprint density at radius 3 is 2.49 bits per heavy atom. The first-order chi connectivity index (χ1) is 17.3. The minimum atomic E-state index is -0.174. The van der Waals surface area contributed by atoms with Crippen LogP contribution in [0.25, 0.3) is 0 Å². The first-order valence-electron chi connectivity index (χ1n) is 12.5. The summed E-state index contributed by atoms with van der Waals surface area (Å²) in [5.74, 6) is 2.65. The molecule has 1 saturated heterocycles. The van der Waals surface area contributed by atoms with Crippen LogP contribution in [0.1, 0.15) is 28.7 Å². The Kier molecular flexibility index (Phi) is 4.78. The van der Waals surface area contributed by atoms with Crippen LogP contribution in [0.4, 0.5) is 0 Å². The molecule has 0 aromatic heterocycles. The molecule has 4 heteroatoms. The highest BCUT2D eigenvalue weighted by Crippen LogP contribution is 2.62. The third-order valence-corrected chi connectivity index (χ3v) is 8.25. The fourth-order valence-electron chi connectivity index (χ4n) is 6.69. The van der Waals surface area contributed by atoms with Crippen molar-refractivity contribution in [3.8, 4) is 11.5 Å². The third kappa shape index (κ3) is 3.09. The molecular weight excluding hydrogens is 434 g/mol. The average molecular weight is 464 g/mol. The van der Waals surface area contributed by atoms with E-state index in [4.69, 9.17) is 14.2 Å². The quantitative estimate of drug-likeness (QED) is 0.479. The molecule has 2 bridgehead atoms. The number of ether oxygens (including phenoxy) is 3. The SMILES string of the molecule is COC1=CC=C2[C@@H]3Cc4ccc(OCc5ccccc5)c5c4[C@@]2(CCN3Cc2ccccc2)[C@H]1O5. The van der Waals surface area contributed by atoms with E-state index >= 15 is 0 Å². The molecule has 0 amide bonds. The number of benzene rings is 3. The van der Waals surface area contributed by atoms with Gasteiger partial charge in [0.05, 0.1) is 12.5 Å². The Morgan fingerprint density at radius 2 is 1.71 bits per heavy atom. The molecule has 0 unspecified atom stereocenters. The van der Waals surface area contributed by atoms with Crippen LogP contribution in [-0.4, -0.2) is 30.7 Å². The van der Waals surface area contributed by atoms with Crippen LogP contribution < -0.4 is 9.47 Å². The predicted octanol–water partition coefficient (Wildman–Crippen LogP) is 5.57. The molecule has 2 heterocycles. The topological polar surface area (TPSA) is 30.9 Å². The number of likely N-dealkylation sites (tertiary alicyclic amines) is 1. The Morgan fingerprint density at radius 1 is 0.943 bits per heavy atom. The van der Waals surface area contributed by atoms with Gasteiger partial charge < -0.3 is 14.2 Å². The van der Waals surface area contributed by atoms with E-state index in [0.717, 1.165) is 48.8 Å². The normalized spacial score (nSPS) is 25.7.